The Bertz CT molecular complexity index is 1200. The summed E-state index contributed by atoms with van der Waals surface area (Å²) < 4.78 is 1.54. The second-order valence-corrected chi connectivity index (χ2v) is 8.40. The van der Waals surface area contributed by atoms with Crippen molar-refractivity contribution in [1.29, 1.82) is 0 Å². The zero-order valence-corrected chi connectivity index (χ0v) is 20.1. The molecule has 0 aromatic heterocycles. The summed E-state index contributed by atoms with van der Waals surface area (Å²) in [7, 11) is 0. The van der Waals surface area contributed by atoms with Gasteiger partial charge in [0.2, 0.25) is 0 Å². The van der Waals surface area contributed by atoms with Gasteiger partial charge >= 0.3 is 0 Å². The molecule has 0 aliphatic heterocycles. The van der Waals surface area contributed by atoms with Crippen LogP contribution in [-0.4, -0.2) is 0 Å². The number of rotatable bonds is 1. The molecule has 137 valence electrons. The maximum atomic E-state index is 5.51. The fraction of sp³-hybridized carbons (Fsp3) is 0.0400. The van der Waals surface area contributed by atoms with Gasteiger partial charge in [-0.15, -0.1) is 0 Å². The molecule has 0 amide bonds. The summed E-state index contributed by atoms with van der Waals surface area (Å²) in [6.07, 6.45) is 0. The molecular formula is C25H16NS2Y-. The van der Waals surface area contributed by atoms with E-state index in [2.05, 4.69) is 104 Å². The van der Waals surface area contributed by atoms with Crippen molar-refractivity contribution in [3.63, 3.8) is 0 Å². The maximum Gasteiger partial charge on any atom is 0.0745 e. The van der Waals surface area contributed by atoms with Gasteiger partial charge in [-0.05, 0) is 45.0 Å². The van der Waals surface area contributed by atoms with E-state index in [1.165, 1.54) is 48.2 Å². The SMILES string of the molecule is [S-]N(S)c1cccc2c1C1(c3ccccc3-c3ccccc31)c1ccccc1-2.[Y]. The molecule has 4 heteroatoms. The second-order valence-electron chi connectivity index (χ2n) is 7.36. The summed E-state index contributed by atoms with van der Waals surface area (Å²) in [5.74, 6) is 0. The van der Waals surface area contributed by atoms with Crippen molar-refractivity contribution in [2.24, 2.45) is 0 Å². The minimum absolute atomic E-state index is 0. The van der Waals surface area contributed by atoms with Crippen LogP contribution in [0.4, 0.5) is 5.69 Å². The summed E-state index contributed by atoms with van der Waals surface area (Å²) in [6, 6.07) is 32.7. The molecule has 1 spiro atoms. The number of fused-ring (bicyclic) bond motifs is 10. The molecule has 1 nitrogen and oxygen atoms in total. The predicted molar refractivity (Wildman–Crippen MR) is 122 cm³/mol. The summed E-state index contributed by atoms with van der Waals surface area (Å²) in [5, 5.41) is 0. The van der Waals surface area contributed by atoms with E-state index in [9.17, 15) is 0 Å². The first-order valence-corrected chi connectivity index (χ1v) is 10.1. The van der Waals surface area contributed by atoms with Crippen molar-refractivity contribution >= 4 is 31.3 Å². The number of benzene rings is 4. The van der Waals surface area contributed by atoms with Gasteiger partial charge in [-0.1, -0.05) is 97.7 Å². The molecule has 0 fully saturated rings. The minimum Gasteiger partial charge on any atom is -0.653 e. The molecule has 0 unspecified atom stereocenters. The smallest absolute Gasteiger partial charge is 0.0745 e. The van der Waals surface area contributed by atoms with Gasteiger partial charge in [0, 0.05) is 44.0 Å². The molecule has 0 saturated carbocycles. The van der Waals surface area contributed by atoms with E-state index in [1.807, 2.05) is 0 Å². The van der Waals surface area contributed by atoms with Gasteiger partial charge in [0.15, 0.2) is 0 Å². The van der Waals surface area contributed by atoms with Crippen molar-refractivity contribution in [2.75, 3.05) is 3.71 Å². The topological polar surface area (TPSA) is 3.24 Å². The first-order chi connectivity index (χ1) is 13.7. The normalized spacial score (nSPS) is 13.9. The van der Waals surface area contributed by atoms with Gasteiger partial charge in [-0.3, -0.25) is 0 Å². The number of hydrogen-bond acceptors (Lipinski definition) is 3. The monoisotopic (exact) mass is 483 g/mol. The Labute approximate surface area is 207 Å². The third kappa shape index (κ3) is 2.39. The Morgan fingerprint density at radius 2 is 1.00 bits per heavy atom. The van der Waals surface area contributed by atoms with Crippen molar-refractivity contribution in [2.45, 2.75) is 5.41 Å². The average molecular weight is 483 g/mol. The third-order valence-electron chi connectivity index (χ3n) is 6.20. The zero-order chi connectivity index (χ0) is 18.9. The van der Waals surface area contributed by atoms with E-state index >= 15 is 0 Å². The first kappa shape index (κ1) is 19.4. The van der Waals surface area contributed by atoms with Crippen molar-refractivity contribution in [3.8, 4) is 22.3 Å². The Hall–Kier alpha value is -1.52. The van der Waals surface area contributed by atoms with Crippen LogP contribution in [0.3, 0.4) is 0 Å². The molecule has 0 bridgehead atoms. The van der Waals surface area contributed by atoms with Gasteiger partial charge in [0.05, 0.1) is 5.41 Å². The summed E-state index contributed by atoms with van der Waals surface area (Å²) in [6.45, 7) is 0. The van der Waals surface area contributed by atoms with Gasteiger partial charge in [-0.25, -0.2) is 0 Å². The molecule has 2 aliphatic rings. The molecule has 1 radical (unpaired) electrons. The van der Waals surface area contributed by atoms with Crippen LogP contribution in [0, 0.1) is 0 Å². The quantitative estimate of drug-likeness (QED) is 0.221. The van der Waals surface area contributed by atoms with Crippen LogP contribution in [-0.2, 0) is 50.9 Å². The van der Waals surface area contributed by atoms with E-state index in [0.29, 0.717) is 0 Å². The number of anilines is 1. The van der Waals surface area contributed by atoms with Crippen LogP contribution in [0.25, 0.3) is 22.3 Å². The van der Waals surface area contributed by atoms with Crippen LogP contribution >= 0.6 is 12.8 Å². The molecule has 0 N–H and O–H groups in total. The molecule has 4 aromatic carbocycles. The van der Waals surface area contributed by atoms with Crippen molar-refractivity contribution < 1.29 is 32.7 Å². The molecule has 29 heavy (non-hydrogen) atoms. The number of thiol groups is 1. The summed E-state index contributed by atoms with van der Waals surface area (Å²) >= 11 is 10.0. The molecular weight excluding hydrogens is 467 g/mol. The van der Waals surface area contributed by atoms with E-state index < -0.39 is 0 Å². The van der Waals surface area contributed by atoms with Crippen LogP contribution in [0.5, 0.6) is 0 Å². The maximum absolute atomic E-state index is 5.51. The van der Waals surface area contributed by atoms with Crippen molar-refractivity contribution in [3.05, 3.63) is 113 Å². The molecule has 4 aromatic rings. The Morgan fingerprint density at radius 1 is 0.586 bits per heavy atom. The van der Waals surface area contributed by atoms with Gasteiger partial charge < -0.3 is 16.5 Å². The van der Waals surface area contributed by atoms with E-state index in [1.54, 1.807) is 0 Å². The van der Waals surface area contributed by atoms with Gasteiger partial charge in [0.1, 0.15) is 0 Å². The van der Waals surface area contributed by atoms with Crippen LogP contribution in [0.15, 0.2) is 91.0 Å². The van der Waals surface area contributed by atoms with E-state index in [4.69, 9.17) is 12.8 Å². The number of hydrogen-bond donors (Lipinski definition) is 1. The standard InChI is InChI=1S/C25H16NS2.Y/c27-26(28)23-15-7-11-19-18-10-3-6-14-22(18)25(24(19)23)20-12-4-1-8-16(20)17-9-2-5-13-21(17)25;/h1-15,27H;/q-1;. The van der Waals surface area contributed by atoms with Crippen LogP contribution < -0.4 is 3.71 Å². The summed E-state index contributed by atoms with van der Waals surface area (Å²) in [5.41, 5.74) is 10.9. The number of nitrogens with zero attached hydrogens (tertiary/aromatic N) is 1. The van der Waals surface area contributed by atoms with Gasteiger partial charge in [0.25, 0.3) is 0 Å². The minimum atomic E-state index is -0.366. The average Bonchev–Trinajstić information content (AvgIpc) is 3.21. The Balaban J connectivity index is 0.00000181. The molecule has 6 rings (SSSR count). The fourth-order valence-electron chi connectivity index (χ4n) is 5.29. The van der Waals surface area contributed by atoms with Crippen LogP contribution in [0.1, 0.15) is 22.3 Å². The molecule has 0 atom stereocenters. The van der Waals surface area contributed by atoms with E-state index in [0.717, 1.165) is 5.69 Å². The first-order valence-electron chi connectivity index (χ1n) is 9.33. The fourth-order valence-corrected chi connectivity index (χ4v) is 5.61. The van der Waals surface area contributed by atoms with Crippen LogP contribution in [0.2, 0.25) is 0 Å². The summed E-state index contributed by atoms with van der Waals surface area (Å²) in [4.78, 5) is 0. The third-order valence-corrected chi connectivity index (χ3v) is 6.61. The Kier molecular flexibility index (Phi) is 4.71. The second kappa shape index (κ2) is 7.02. The molecule has 0 heterocycles. The zero-order valence-electron chi connectivity index (χ0n) is 15.5. The van der Waals surface area contributed by atoms with E-state index in [-0.39, 0.29) is 38.1 Å². The van der Waals surface area contributed by atoms with Gasteiger partial charge in [-0.2, -0.15) is 0 Å². The Morgan fingerprint density at radius 3 is 1.48 bits per heavy atom. The largest absolute Gasteiger partial charge is 0.653 e. The van der Waals surface area contributed by atoms with Crippen molar-refractivity contribution in [1.82, 2.24) is 0 Å². The molecule has 2 aliphatic carbocycles. The molecule has 0 saturated heterocycles. The predicted octanol–water partition coefficient (Wildman–Crippen LogP) is 6.14.